The van der Waals surface area contributed by atoms with Gasteiger partial charge in [0.25, 0.3) is 5.91 Å². The van der Waals surface area contributed by atoms with Crippen LogP contribution in [0.25, 0.3) is 6.08 Å². The zero-order valence-electron chi connectivity index (χ0n) is 16.9. The first-order chi connectivity index (χ1) is 15.6. The zero-order valence-corrected chi connectivity index (χ0v) is 19.3. The predicted molar refractivity (Wildman–Crippen MR) is 130 cm³/mol. The summed E-state index contributed by atoms with van der Waals surface area (Å²) in [5.74, 6) is 0.603. The highest BCUT2D eigenvalue weighted by atomic mass is 79.9. The molecule has 5 nitrogen and oxygen atoms in total. The van der Waals surface area contributed by atoms with Crippen LogP contribution in [-0.4, -0.2) is 21.8 Å². The molecule has 0 radical (unpaired) electrons. The van der Waals surface area contributed by atoms with Gasteiger partial charge in [0.05, 0.1) is 16.7 Å². The van der Waals surface area contributed by atoms with Crippen molar-refractivity contribution in [2.45, 2.75) is 17.6 Å². The van der Waals surface area contributed by atoms with Crippen molar-refractivity contribution in [3.8, 4) is 5.75 Å². The second-order valence-electron chi connectivity index (χ2n) is 7.82. The molecule has 1 saturated heterocycles. The van der Waals surface area contributed by atoms with Gasteiger partial charge in [-0.1, -0.05) is 76.6 Å². The largest absolute Gasteiger partial charge is 0.439 e. The van der Waals surface area contributed by atoms with E-state index in [1.165, 1.54) is 11.8 Å². The Morgan fingerprint density at radius 2 is 1.91 bits per heavy atom. The van der Waals surface area contributed by atoms with E-state index >= 15 is 0 Å². The Bertz CT molecular complexity index is 1290. The van der Waals surface area contributed by atoms with Crippen LogP contribution in [-0.2, 0) is 4.79 Å². The summed E-state index contributed by atoms with van der Waals surface area (Å²) in [6, 6.07) is 26.0. The van der Waals surface area contributed by atoms with Crippen LogP contribution >= 0.6 is 27.7 Å². The van der Waals surface area contributed by atoms with Gasteiger partial charge in [-0.05, 0) is 47.2 Å². The van der Waals surface area contributed by atoms with Gasteiger partial charge in [-0.3, -0.25) is 10.1 Å². The molecule has 32 heavy (non-hydrogen) atoms. The number of hydrogen-bond donors (Lipinski definition) is 1. The molecule has 3 aromatic rings. The van der Waals surface area contributed by atoms with E-state index in [9.17, 15) is 4.79 Å². The zero-order chi connectivity index (χ0) is 21.7. The maximum atomic E-state index is 13.0. The average molecular weight is 504 g/mol. The minimum absolute atomic E-state index is 0.0202. The Hall–Kier alpha value is -3.03. The number of hydrogen-bond acceptors (Lipinski definition) is 5. The normalized spacial score (nSPS) is 24.7. The molecular formula is C25H18BrN3O2S. The van der Waals surface area contributed by atoms with E-state index in [0.29, 0.717) is 4.91 Å². The maximum Gasteiger partial charge on any atom is 0.336 e. The van der Waals surface area contributed by atoms with Crippen LogP contribution < -0.4 is 10.1 Å². The lowest BCUT2D eigenvalue weighted by Crippen LogP contribution is -2.58. The van der Waals surface area contributed by atoms with Crippen molar-refractivity contribution in [3.63, 3.8) is 0 Å². The van der Waals surface area contributed by atoms with Crippen molar-refractivity contribution in [2.75, 3.05) is 0 Å². The van der Waals surface area contributed by atoms with Gasteiger partial charge in [0.15, 0.2) is 0 Å². The van der Waals surface area contributed by atoms with Gasteiger partial charge in [0.1, 0.15) is 5.75 Å². The number of nitrogens with zero attached hydrogens (tertiary/aromatic N) is 2. The lowest BCUT2D eigenvalue weighted by molar-refractivity contribution is -0.127. The van der Waals surface area contributed by atoms with Gasteiger partial charge >= 0.3 is 5.18 Å². The van der Waals surface area contributed by atoms with E-state index in [2.05, 4.69) is 39.4 Å². The second-order valence-corrected chi connectivity index (χ2v) is 9.93. The molecular weight excluding hydrogens is 486 g/mol. The number of para-hydroxylation sites is 1. The monoisotopic (exact) mass is 503 g/mol. The predicted octanol–water partition coefficient (Wildman–Crippen LogP) is 5.51. The summed E-state index contributed by atoms with van der Waals surface area (Å²) in [5.41, 5.74) is 4.08. The van der Waals surface area contributed by atoms with E-state index < -0.39 is 5.18 Å². The molecule has 3 aromatic carbocycles. The number of halogens is 1. The molecule has 2 atom stereocenters. The summed E-state index contributed by atoms with van der Waals surface area (Å²) in [7, 11) is 0. The Morgan fingerprint density at radius 3 is 2.75 bits per heavy atom. The fraction of sp³-hybridized carbons (Fsp3) is 0.120. The van der Waals surface area contributed by atoms with Crippen LogP contribution in [0.3, 0.4) is 0 Å². The number of carbonyl (C=O) groups excluding carboxylic acids is 1. The summed E-state index contributed by atoms with van der Waals surface area (Å²) in [6.07, 6.45) is 2.63. The molecule has 3 heterocycles. The molecule has 158 valence electrons. The van der Waals surface area contributed by atoms with Crippen molar-refractivity contribution < 1.29 is 9.53 Å². The van der Waals surface area contributed by atoms with Crippen molar-refractivity contribution in [1.29, 1.82) is 0 Å². The summed E-state index contributed by atoms with van der Waals surface area (Å²) in [6.45, 7) is 0. The van der Waals surface area contributed by atoms with E-state index in [-0.39, 0.29) is 11.9 Å². The second kappa shape index (κ2) is 7.53. The standard InChI is InChI=1S/C25H18BrN3O2S/c26-18-10-6-7-16(13-18)14-23-24(30)27-25(32-23)29-21(19-11-4-5-12-22(19)31-25)15-20(28-29)17-8-2-1-3-9-17/h1-14,21H,15H2,(H,27,30). The molecule has 0 bridgehead atoms. The summed E-state index contributed by atoms with van der Waals surface area (Å²) >= 11 is 4.85. The SMILES string of the molecule is O=C1NC2(Oc3ccccc3C3CC(c4ccccc4)=NN32)SC1=Cc1cccc(Br)c1. The molecule has 1 N–H and O–H groups in total. The number of ether oxygens (including phenoxy) is 1. The molecule has 1 amide bonds. The van der Waals surface area contributed by atoms with Gasteiger partial charge in [0, 0.05) is 16.5 Å². The van der Waals surface area contributed by atoms with Gasteiger partial charge in [-0.15, -0.1) is 0 Å². The fourth-order valence-electron chi connectivity index (χ4n) is 4.29. The molecule has 0 aliphatic carbocycles. The van der Waals surface area contributed by atoms with Crippen molar-refractivity contribution >= 4 is 45.4 Å². The van der Waals surface area contributed by atoms with E-state index in [1.54, 1.807) is 0 Å². The molecule has 6 rings (SSSR count). The number of fused-ring (bicyclic) bond motifs is 4. The number of benzene rings is 3. The van der Waals surface area contributed by atoms with E-state index in [4.69, 9.17) is 9.84 Å². The molecule has 2 unspecified atom stereocenters. The lowest BCUT2D eigenvalue weighted by atomic mass is 9.97. The first-order valence-electron chi connectivity index (χ1n) is 10.3. The highest BCUT2D eigenvalue weighted by Gasteiger charge is 2.57. The van der Waals surface area contributed by atoms with Crippen LogP contribution in [0.1, 0.15) is 29.2 Å². The number of nitrogens with one attached hydrogen (secondary N) is 1. The smallest absolute Gasteiger partial charge is 0.336 e. The molecule has 3 aliphatic rings. The molecule has 3 aliphatic heterocycles. The number of amides is 1. The van der Waals surface area contributed by atoms with Crippen LogP contribution in [0.15, 0.2) is 93.3 Å². The number of thioether (sulfide) groups is 1. The van der Waals surface area contributed by atoms with Crippen molar-refractivity contribution in [1.82, 2.24) is 10.3 Å². The minimum Gasteiger partial charge on any atom is -0.439 e. The molecule has 1 spiro atoms. The molecule has 7 heteroatoms. The topological polar surface area (TPSA) is 53.9 Å². The third-order valence-electron chi connectivity index (χ3n) is 5.74. The average Bonchev–Trinajstić information content (AvgIpc) is 3.38. The van der Waals surface area contributed by atoms with Crippen LogP contribution in [0.2, 0.25) is 0 Å². The van der Waals surface area contributed by atoms with Crippen LogP contribution in [0.4, 0.5) is 0 Å². The first-order valence-corrected chi connectivity index (χ1v) is 11.9. The van der Waals surface area contributed by atoms with Crippen LogP contribution in [0, 0.1) is 0 Å². The quantitative estimate of drug-likeness (QED) is 0.468. The van der Waals surface area contributed by atoms with E-state index in [1.807, 2.05) is 71.7 Å². The fourth-order valence-corrected chi connectivity index (χ4v) is 5.88. The van der Waals surface area contributed by atoms with Crippen molar-refractivity contribution in [3.05, 3.63) is 105 Å². The summed E-state index contributed by atoms with van der Waals surface area (Å²) in [5, 5.41) is 8.84. The Kier molecular flexibility index (Phi) is 4.62. The maximum absolute atomic E-state index is 13.0. The lowest BCUT2D eigenvalue weighted by Gasteiger charge is -2.43. The Balaban J connectivity index is 1.43. The van der Waals surface area contributed by atoms with Gasteiger partial charge in [-0.25, -0.2) is 5.01 Å². The third kappa shape index (κ3) is 3.24. The molecule has 0 aromatic heterocycles. The molecule has 1 fully saturated rings. The van der Waals surface area contributed by atoms with Gasteiger partial charge in [-0.2, -0.15) is 5.10 Å². The Labute approximate surface area is 198 Å². The van der Waals surface area contributed by atoms with Crippen molar-refractivity contribution in [2.24, 2.45) is 5.10 Å². The van der Waals surface area contributed by atoms with Gasteiger partial charge in [0.2, 0.25) is 0 Å². The first kappa shape index (κ1) is 19.6. The summed E-state index contributed by atoms with van der Waals surface area (Å²) in [4.78, 5) is 13.6. The third-order valence-corrected chi connectivity index (χ3v) is 7.40. The highest BCUT2D eigenvalue weighted by Crippen LogP contribution is 2.53. The van der Waals surface area contributed by atoms with Gasteiger partial charge < -0.3 is 4.74 Å². The molecule has 0 saturated carbocycles. The number of hydrazone groups is 1. The summed E-state index contributed by atoms with van der Waals surface area (Å²) < 4.78 is 7.40. The van der Waals surface area contributed by atoms with E-state index in [0.717, 1.165) is 39.0 Å². The number of carbonyl (C=O) groups is 1. The number of rotatable bonds is 2. The van der Waals surface area contributed by atoms with Crippen LogP contribution in [0.5, 0.6) is 5.75 Å². The minimum atomic E-state index is -1.12. The Morgan fingerprint density at radius 1 is 1.09 bits per heavy atom. The highest BCUT2D eigenvalue weighted by molar-refractivity contribution is 9.10.